The number of hydrogen-bond donors (Lipinski definition) is 1. The van der Waals surface area contributed by atoms with Gasteiger partial charge in [-0.05, 0) is 23.8 Å². The molecule has 5 nitrogen and oxygen atoms in total. The molecule has 0 unspecified atom stereocenters. The molecule has 156 valence electrons. The molecular formula is C21H20Cl2N4OS2. The summed E-state index contributed by atoms with van der Waals surface area (Å²) in [5, 5.41) is 12.9. The second-order valence-corrected chi connectivity index (χ2v) is 8.98. The van der Waals surface area contributed by atoms with Crippen LogP contribution in [0, 0.1) is 0 Å². The van der Waals surface area contributed by atoms with Crippen molar-refractivity contribution in [3.05, 3.63) is 82.6 Å². The van der Waals surface area contributed by atoms with Crippen LogP contribution in [-0.2, 0) is 22.8 Å². The first-order chi connectivity index (χ1) is 14.6. The van der Waals surface area contributed by atoms with E-state index in [9.17, 15) is 4.79 Å². The summed E-state index contributed by atoms with van der Waals surface area (Å²) in [5.74, 6) is 2.53. The van der Waals surface area contributed by atoms with Crippen LogP contribution >= 0.6 is 46.7 Å². The summed E-state index contributed by atoms with van der Waals surface area (Å²) in [6, 6.07) is 15.3. The predicted octanol–water partition coefficient (Wildman–Crippen LogP) is 5.94. The Morgan fingerprint density at radius 1 is 1.10 bits per heavy atom. The van der Waals surface area contributed by atoms with Crippen LogP contribution < -0.4 is 5.32 Å². The molecule has 1 amide bonds. The number of anilines is 1. The maximum atomic E-state index is 12.3. The van der Waals surface area contributed by atoms with Gasteiger partial charge >= 0.3 is 0 Å². The maximum Gasteiger partial charge on any atom is 0.234 e. The molecule has 0 aliphatic rings. The molecule has 3 rings (SSSR count). The van der Waals surface area contributed by atoms with Crippen LogP contribution in [0.1, 0.15) is 11.4 Å². The van der Waals surface area contributed by atoms with Gasteiger partial charge in [0.1, 0.15) is 5.82 Å². The summed E-state index contributed by atoms with van der Waals surface area (Å²) in [6.07, 6.45) is 1.80. The third kappa shape index (κ3) is 6.54. The number of aromatic nitrogens is 3. The van der Waals surface area contributed by atoms with Gasteiger partial charge in [0.2, 0.25) is 5.91 Å². The lowest BCUT2D eigenvalue weighted by Gasteiger charge is -2.08. The van der Waals surface area contributed by atoms with Crippen LogP contribution in [0.5, 0.6) is 0 Å². The fraction of sp³-hybridized carbons (Fsp3) is 0.190. The average Bonchev–Trinajstić information content (AvgIpc) is 3.12. The van der Waals surface area contributed by atoms with Crippen molar-refractivity contribution in [2.45, 2.75) is 23.2 Å². The first-order valence-corrected chi connectivity index (χ1v) is 12.0. The van der Waals surface area contributed by atoms with Gasteiger partial charge in [-0.25, -0.2) is 0 Å². The molecule has 0 saturated carbocycles. The monoisotopic (exact) mass is 478 g/mol. The van der Waals surface area contributed by atoms with Gasteiger partial charge in [0.25, 0.3) is 0 Å². The van der Waals surface area contributed by atoms with Crippen LogP contribution in [0.3, 0.4) is 0 Å². The number of nitrogens with one attached hydrogen (secondary N) is 1. The summed E-state index contributed by atoms with van der Waals surface area (Å²) in [7, 11) is 0. The lowest BCUT2D eigenvalue weighted by Crippen LogP contribution is -2.14. The Morgan fingerprint density at radius 2 is 1.90 bits per heavy atom. The highest BCUT2D eigenvalue weighted by Crippen LogP contribution is 2.26. The molecule has 0 atom stereocenters. The lowest BCUT2D eigenvalue weighted by atomic mass is 10.2. The summed E-state index contributed by atoms with van der Waals surface area (Å²) >= 11 is 15.0. The summed E-state index contributed by atoms with van der Waals surface area (Å²) < 4.78 is 1.99. The second-order valence-electron chi connectivity index (χ2n) is 6.24. The minimum atomic E-state index is -0.161. The van der Waals surface area contributed by atoms with Gasteiger partial charge < -0.3 is 9.88 Å². The van der Waals surface area contributed by atoms with Crippen molar-refractivity contribution in [1.82, 2.24) is 14.8 Å². The summed E-state index contributed by atoms with van der Waals surface area (Å²) in [4.78, 5) is 12.3. The first kappa shape index (κ1) is 22.7. The molecule has 9 heteroatoms. The summed E-state index contributed by atoms with van der Waals surface area (Å²) in [6.45, 7) is 4.41. The molecule has 0 aliphatic heterocycles. The number of benzene rings is 2. The normalized spacial score (nSPS) is 10.7. The molecule has 0 aliphatic carbocycles. The van der Waals surface area contributed by atoms with E-state index < -0.39 is 0 Å². The number of allylic oxidation sites excluding steroid dienone is 1. The van der Waals surface area contributed by atoms with Crippen LogP contribution in [-0.4, -0.2) is 26.4 Å². The highest BCUT2D eigenvalue weighted by molar-refractivity contribution is 7.99. The Hall–Kier alpha value is -1.93. The number of hydrogen-bond acceptors (Lipinski definition) is 5. The Bertz CT molecular complexity index is 1010. The molecule has 0 radical (unpaired) electrons. The number of halogens is 2. The van der Waals surface area contributed by atoms with Crippen LogP contribution in [0.15, 0.2) is 66.3 Å². The first-order valence-electron chi connectivity index (χ1n) is 9.09. The molecule has 1 aromatic heterocycles. The molecule has 3 aromatic rings. The van der Waals surface area contributed by atoms with E-state index in [1.807, 2.05) is 22.8 Å². The summed E-state index contributed by atoms with van der Waals surface area (Å²) in [5.41, 5.74) is 1.87. The number of nitrogens with zero attached hydrogens (tertiary/aromatic N) is 3. The lowest BCUT2D eigenvalue weighted by molar-refractivity contribution is -0.113. The second kappa shape index (κ2) is 11.5. The van der Waals surface area contributed by atoms with Crippen molar-refractivity contribution in [1.29, 1.82) is 0 Å². The third-order valence-corrected chi connectivity index (χ3v) is 6.69. The number of amides is 1. The highest BCUT2D eigenvalue weighted by Gasteiger charge is 2.14. The van der Waals surface area contributed by atoms with Crippen molar-refractivity contribution in [2.24, 2.45) is 0 Å². The molecule has 0 spiro atoms. The zero-order valence-electron chi connectivity index (χ0n) is 16.1. The number of carbonyl (C=O) groups excluding carboxylic acids is 1. The van der Waals surface area contributed by atoms with E-state index in [1.165, 1.54) is 17.3 Å². The Labute approximate surface area is 194 Å². The van der Waals surface area contributed by atoms with Crippen molar-refractivity contribution in [2.75, 3.05) is 11.1 Å². The molecule has 2 aromatic carbocycles. The smallest absolute Gasteiger partial charge is 0.234 e. The van der Waals surface area contributed by atoms with Crippen LogP contribution in [0.2, 0.25) is 10.0 Å². The van der Waals surface area contributed by atoms with Gasteiger partial charge in [-0.2, -0.15) is 0 Å². The van der Waals surface area contributed by atoms with Gasteiger partial charge in [-0.3, -0.25) is 4.79 Å². The standard InChI is InChI=1S/C21H20Cl2N4OS2/c1-2-10-27-19(13-29-12-15-6-4-3-5-7-15)25-26-21(27)30-14-20(28)24-16-8-9-17(22)18(23)11-16/h2-9,11H,1,10,12-14H2,(H,24,28). The van der Waals surface area contributed by atoms with Gasteiger partial charge in [0, 0.05) is 18.0 Å². The van der Waals surface area contributed by atoms with E-state index >= 15 is 0 Å². The Morgan fingerprint density at radius 3 is 2.63 bits per heavy atom. The Balaban J connectivity index is 1.56. The maximum absolute atomic E-state index is 12.3. The Kier molecular flexibility index (Phi) is 8.69. The third-order valence-electron chi connectivity index (χ3n) is 3.98. The van der Waals surface area contributed by atoms with Crippen molar-refractivity contribution in [3.63, 3.8) is 0 Å². The number of thioether (sulfide) groups is 2. The SMILES string of the molecule is C=CCn1c(CSCc2ccccc2)nnc1SCC(=O)Nc1ccc(Cl)c(Cl)c1. The van der Waals surface area contributed by atoms with E-state index in [4.69, 9.17) is 23.2 Å². The van der Waals surface area contributed by atoms with E-state index in [0.717, 1.165) is 17.3 Å². The van der Waals surface area contributed by atoms with Gasteiger partial charge in [-0.1, -0.05) is 71.4 Å². The molecular weight excluding hydrogens is 459 g/mol. The van der Waals surface area contributed by atoms with Crippen molar-refractivity contribution in [3.8, 4) is 0 Å². The quantitative estimate of drug-likeness (QED) is 0.288. The van der Waals surface area contributed by atoms with Crippen molar-refractivity contribution >= 4 is 58.3 Å². The van der Waals surface area contributed by atoms with E-state index in [2.05, 4.69) is 34.2 Å². The van der Waals surface area contributed by atoms with Gasteiger partial charge in [0.05, 0.1) is 21.6 Å². The van der Waals surface area contributed by atoms with E-state index in [1.54, 1.807) is 36.0 Å². The number of carbonyl (C=O) groups is 1. The van der Waals surface area contributed by atoms with Crippen molar-refractivity contribution < 1.29 is 4.79 Å². The molecule has 0 fully saturated rings. The zero-order chi connectivity index (χ0) is 21.3. The number of rotatable bonds is 10. The topological polar surface area (TPSA) is 59.8 Å². The fourth-order valence-corrected chi connectivity index (χ4v) is 4.57. The highest BCUT2D eigenvalue weighted by atomic mass is 35.5. The van der Waals surface area contributed by atoms with Gasteiger partial charge in [0.15, 0.2) is 5.16 Å². The molecule has 0 saturated heterocycles. The minimum absolute atomic E-state index is 0.161. The molecule has 1 N–H and O–H groups in total. The zero-order valence-corrected chi connectivity index (χ0v) is 19.2. The largest absolute Gasteiger partial charge is 0.325 e. The minimum Gasteiger partial charge on any atom is -0.325 e. The van der Waals surface area contributed by atoms with Crippen LogP contribution in [0.25, 0.3) is 0 Å². The fourth-order valence-electron chi connectivity index (χ4n) is 2.58. The van der Waals surface area contributed by atoms with Crippen LogP contribution in [0.4, 0.5) is 5.69 Å². The predicted molar refractivity (Wildman–Crippen MR) is 127 cm³/mol. The van der Waals surface area contributed by atoms with E-state index in [-0.39, 0.29) is 11.7 Å². The molecule has 0 bridgehead atoms. The molecule has 1 heterocycles. The van der Waals surface area contributed by atoms with Gasteiger partial charge in [-0.15, -0.1) is 28.5 Å². The average molecular weight is 479 g/mol. The molecule has 30 heavy (non-hydrogen) atoms. The van der Waals surface area contributed by atoms with E-state index in [0.29, 0.717) is 27.4 Å².